The lowest BCUT2D eigenvalue weighted by molar-refractivity contribution is 0.445. The highest BCUT2D eigenvalue weighted by Gasteiger charge is 2.12. The maximum Gasteiger partial charge on any atom is 0.0177 e. The average Bonchev–Trinajstić information content (AvgIpc) is 2.91. The average molecular weight is 366 g/mol. The Labute approximate surface area is 140 Å². The Hall–Kier alpha value is -0.640. The number of nitrogens with one attached hydrogen (secondary N) is 1. The van der Waals surface area contributed by atoms with E-state index in [4.69, 9.17) is 0 Å². The van der Waals surface area contributed by atoms with Crippen LogP contribution in [0.15, 0.2) is 45.6 Å². The Morgan fingerprint density at radius 3 is 2.57 bits per heavy atom. The van der Waals surface area contributed by atoms with Gasteiger partial charge in [-0.05, 0) is 77.9 Å². The minimum Gasteiger partial charge on any atom is -0.316 e. The highest BCUT2D eigenvalue weighted by atomic mass is 79.9. The summed E-state index contributed by atoms with van der Waals surface area (Å²) in [5.74, 6) is 1.35. The maximum atomic E-state index is 3.62. The van der Waals surface area contributed by atoms with Crippen LogP contribution in [0.5, 0.6) is 0 Å². The van der Waals surface area contributed by atoms with E-state index in [0.29, 0.717) is 11.8 Å². The minimum atomic E-state index is 0.646. The number of hydrogen-bond acceptors (Lipinski definition) is 2. The summed E-state index contributed by atoms with van der Waals surface area (Å²) >= 11 is 5.36. The van der Waals surface area contributed by atoms with Crippen LogP contribution in [-0.4, -0.2) is 13.1 Å². The molecule has 0 fully saturated rings. The summed E-state index contributed by atoms with van der Waals surface area (Å²) < 4.78 is 1.17. The van der Waals surface area contributed by atoms with Crippen LogP contribution in [0.3, 0.4) is 0 Å². The second kappa shape index (κ2) is 8.72. The lowest BCUT2D eigenvalue weighted by atomic mass is 9.93. The first-order valence-electron chi connectivity index (χ1n) is 7.59. The van der Waals surface area contributed by atoms with Crippen molar-refractivity contribution < 1.29 is 0 Å². The van der Waals surface area contributed by atoms with Gasteiger partial charge in [0.15, 0.2) is 0 Å². The van der Waals surface area contributed by atoms with Crippen LogP contribution in [0.2, 0.25) is 0 Å². The molecule has 0 aliphatic carbocycles. The van der Waals surface area contributed by atoms with Crippen molar-refractivity contribution in [1.82, 2.24) is 5.32 Å². The fourth-order valence-corrected chi connectivity index (χ4v) is 3.66. The molecule has 0 aliphatic rings. The van der Waals surface area contributed by atoms with Crippen molar-refractivity contribution in [1.29, 1.82) is 0 Å². The molecule has 0 saturated heterocycles. The fraction of sp³-hybridized carbons (Fsp3) is 0.444. The highest BCUT2D eigenvalue weighted by molar-refractivity contribution is 9.10. The summed E-state index contributed by atoms with van der Waals surface area (Å²) in [6, 6.07) is 10.9. The molecular formula is C18H24BrNS. The van der Waals surface area contributed by atoms with Crippen molar-refractivity contribution in [2.24, 2.45) is 11.8 Å². The number of hydrogen-bond donors (Lipinski definition) is 1. The van der Waals surface area contributed by atoms with E-state index in [1.807, 2.05) is 0 Å². The maximum absolute atomic E-state index is 3.62. The molecule has 1 aromatic heterocycles. The SMILES string of the molecule is CC(C)CNCC(Cc1ccsc1)Cc1cccc(Br)c1. The van der Waals surface area contributed by atoms with Crippen LogP contribution in [0, 0.1) is 11.8 Å². The van der Waals surface area contributed by atoms with Gasteiger partial charge in [0, 0.05) is 4.47 Å². The third-order valence-electron chi connectivity index (χ3n) is 3.50. The lowest BCUT2D eigenvalue weighted by Gasteiger charge is -2.18. The highest BCUT2D eigenvalue weighted by Crippen LogP contribution is 2.19. The summed E-state index contributed by atoms with van der Waals surface area (Å²) in [5.41, 5.74) is 2.88. The molecule has 1 heterocycles. The van der Waals surface area contributed by atoms with Crippen LogP contribution >= 0.6 is 27.3 Å². The van der Waals surface area contributed by atoms with Gasteiger partial charge in [0.1, 0.15) is 0 Å². The van der Waals surface area contributed by atoms with Crippen molar-refractivity contribution in [3.05, 3.63) is 56.7 Å². The normalized spacial score (nSPS) is 12.8. The largest absolute Gasteiger partial charge is 0.316 e. The standard InChI is InChI=1S/C18H24BrNS/c1-14(2)11-20-12-17(9-16-6-7-21-13-16)8-15-4-3-5-18(19)10-15/h3-7,10,13-14,17,20H,8-9,11-12H2,1-2H3. The van der Waals surface area contributed by atoms with Crippen molar-refractivity contribution >= 4 is 27.3 Å². The van der Waals surface area contributed by atoms with Gasteiger partial charge in [0.2, 0.25) is 0 Å². The van der Waals surface area contributed by atoms with Crippen LogP contribution in [0.4, 0.5) is 0 Å². The first-order chi connectivity index (χ1) is 10.1. The smallest absolute Gasteiger partial charge is 0.0177 e. The molecule has 2 aromatic rings. The first-order valence-corrected chi connectivity index (χ1v) is 9.33. The van der Waals surface area contributed by atoms with Crippen molar-refractivity contribution in [3.63, 3.8) is 0 Å². The van der Waals surface area contributed by atoms with E-state index in [0.717, 1.165) is 25.9 Å². The van der Waals surface area contributed by atoms with Crippen LogP contribution in [-0.2, 0) is 12.8 Å². The molecule has 0 radical (unpaired) electrons. The Bertz CT molecular complexity index is 522. The minimum absolute atomic E-state index is 0.646. The fourth-order valence-electron chi connectivity index (χ4n) is 2.53. The number of thiophene rings is 1. The topological polar surface area (TPSA) is 12.0 Å². The molecule has 1 atom stereocenters. The second-order valence-electron chi connectivity index (χ2n) is 6.09. The molecule has 2 rings (SSSR count). The molecule has 1 aromatic carbocycles. The van der Waals surface area contributed by atoms with Gasteiger partial charge in [-0.2, -0.15) is 11.3 Å². The molecule has 0 amide bonds. The Balaban J connectivity index is 1.96. The van der Waals surface area contributed by atoms with Gasteiger partial charge < -0.3 is 5.32 Å². The third-order valence-corrected chi connectivity index (χ3v) is 4.73. The quantitative estimate of drug-likeness (QED) is 0.681. The van der Waals surface area contributed by atoms with Gasteiger partial charge in [-0.15, -0.1) is 0 Å². The molecule has 1 N–H and O–H groups in total. The lowest BCUT2D eigenvalue weighted by Crippen LogP contribution is -2.28. The van der Waals surface area contributed by atoms with Crippen molar-refractivity contribution in [2.45, 2.75) is 26.7 Å². The van der Waals surface area contributed by atoms with E-state index < -0.39 is 0 Å². The molecule has 21 heavy (non-hydrogen) atoms. The summed E-state index contributed by atoms with van der Waals surface area (Å²) in [6.45, 7) is 6.70. The zero-order valence-electron chi connectivity index (χ0n) is 12.8. The van der Waals surface area contributed by atoms with Gasteiger partial charge >= 0.3 is 0 Å². The molecule has 114 valence electrons. The Morgan fingerprint density at radius 2 is 1.90 bits per heavy atom. The van der Waals surface area contributed by atoms with E-state index in [-0.39, 0.29) is 0 Å². The van der Waals surface area contributed by atoms with Gasteiger partial charge in [-0.1, -0.05) is 41.9 Å². The summed E-state index contributed by atoms with van der Waals surface area (Å²) in [4.78, 5) is 0. The van der Waals surface area contributed by atoms with Crippen LogP contribution < -0.4 is 5.32 Å². The van der Waals surface area contributed by atoms with E-state index in [1.165, 1.54) is 15.6 Å². The number of rotatable bonds is 8. The van der Waals surface area contributed by atoms with E-state index in [2.05, 4.69) is 76.2 Å². The first kappa shape index (κ1) is 16.7. The predicted octanol–water partition coefficient (Wildman–Crippen LogP) is 5.16. The van der Waals surface area contributed by atoms with Crippen molar-refractivity contribution in [3.8, 4) is 0 Å². The molecule has 0 bridgehead atoms. The van der Waals surface area contributed by atoms with E-state index in [9.17, 15) is 0 Å². The predicted molar refractivity (Wildman–Crippen MR) is 97.1 cm³/mol. The van der Waals surface area contributed by atoms with Gasteiger partial charge in [-0.3, -0.25) is 0 Å². The Kier molecular flexibility index (Phi) is 6.94. The van der Waals surface area contributed by atoms with Crippen molar-refractivity contribution in [2.75, 3.05) is 13.1 Å². The molecule has 0 aliphatic heterocycles. The molecule has 1 nitrogen and oxygen atoms in total. The van der Waals surface area contributed by atoms with Crippen LogP contribution in [0.25, 0.3) is 0 Å². The molecule has 3 heteroatoms. The summed E-state index contributed by atoms with van der Waals surface area (Å²) in [7, 11) is 0. The molecule has 0 saturated carbocycles. The summed E-state index contributed by atoms with van der Waals surface area (Å²) in [5, 5.41) is 8.07. The zero-order valence-corrected chi connectivity index (χ0v) is 15.2. The zero-order chi connectivity index (χ0) is 15.1. The van der Waals surface area contributed by atoms with Gasteiger partial charge in [0.05, 0.1) is 0 Å². The van der Waals surface area contributed by atoms with Gasteiger partial charge in [-0.25, -0.2) is 0 Å². The Morgan fingerprint density at radius 1 is 1.10 bits per heavy atom. The molecule has 1 unspecified atom stereocenters. The summed E-state index contributed by atoms with van der Waals surface area (Å²) in [6.07, 6.45) is 2.28. The number of halogens is 1. The number of benzene rings is 1. The van der Waals surface area contributed by atoms with E-state index >= 15 is 0 Å². The second-order valence-corrected chi connectivity index (χ2v) is 7.78. The van der Waals surface area contributed by atoms with Gasteiger partial charge in [0.25, 0.3) is 0 Å². The molecular weight excluding hydrogens is 342 g/mol. The molecule has 0 spiro atoms. The third kappa shape index (κ3) is 6.33. The van der Waals surface area contributed by atoms with Crippen LogP contribution in [0.1, 0.15) is 25.0 Å². The van der Waals surface area contributed by atoms with E-state index in [1.54, 1.807) is 11.3 Å². The monoisotopic (exact) mass is 365 g/mol.